The molecule has 0 bridgehead atoms. The number of rotatable bonds is 3. The number of nitrogens with one attached hydrogen (secondary N) is 1. The fourth-order valence-corrected chi connectivity index (χ4v) is 1.33. The molecule has 2 aromatic rings. The number of hydrogen-bond donors (Lipinski definition) is 1. The largest absolute Gasteiger partial charge is 0.480 e. The highest BCUT2D eigenvalue weighted by Crippen LogP contribution is 2.20. The van der Waals surface area contributed by atoms with Crippen LogP contribution in [-0.2, 0) is 0 Å². The second-order valence-corrected chi connectivity index (χ2v) is 3.23. The number of hydrogen-bond acceptors (Lipinski definition) is 4. The normalized spacial score (nSPS) is 9.71. The smallest absolute Gasteiger partial charge is 0.274 e. The summed E-state index contributed by atoms with van der Waals surface area (Å²) in [5, 5.41) is 2.69. The number of carbonyl (C=O) groups excluding carboxylic acids is 1. The number of methoxy groups -OCH3 is 1. The molecule has 2 heterocycles. The summed E-state index contributed by atoms with van der Waals surface area (Å²) in [7, 11) is 1.50. The van der Waals surface area contributed by atoms with Crippen molar-refractivity contribution in [2.24, 2.45) is 0 Å². The van der Waals surface area contributed by atoms with Crippen LogP contribution in [0.2, 0.25) is 0 Å². The summed E-state index contributed by atoms with van der Waals surface area (Å²) in [6.07, 6.45) is 3.16. The van der Waals surface area contributed by atoms with Gasteiger partial charge < -0.3 is 10.1 Å². The SMILES string of the molecule is COc1ncccc1NC(=O)c1ccccn1. The van der Waals surface area contributed by atoms with Crippen molar-refractivity contribution in [1.82, 2.24) is 9.97 Å². The van der Waals surface area contributed by atoms with Crippen LogP contribution in [0.5, 0.6) is 5.88 Å². The van der Waals surface area contributed by atoms with E-state index in [0.29, 0.717) is 17.3 Å². The van der Waals surface area contributed by atoms with Crippen LogP contribution >= 0.6 is 0 Å². The molecule has 0 aliphatic carbocycles. The van der Waals surface area contributed by atoms with Crippen molar-refractivity contribution in [1.29, 1.82) is 0 Å². The molecule has 1 amide bonds. The van der Waals surface area contributed by atoms with Crippen LogP contribution in [0.4, 0.5) is 5.69 Å². The highest BCUT2D eigenvalue weighted by Gasteiger charge is 2.10. The van der Waals surface area contributed by atoms with Gasteiger partial charge in [-0.15, -0.1) is 0 Å². The maximum atomic E-state index is 11.8. The highest BCUT2D eigenvalue weighted by molar-refractivity contribution is 6.03. The molecule has 0 aromatic carbocycles. The highest BCUT2D eigenvalue weighted by atomic mass is 16.5. The average Bonchev–Trinajstić information content (AvgIpc) is 2.40. The molecule has 0 saturated heterocycles. The summed E-state index contributed by atoms with van der Waals surface area (Å²) >= 11 is 0. The Hall–Kier alpha value is -2.43. The zero-order valence-electron chi connectivity index (χ0n) is 9.25. The Bertz CT molecular complexity index is 514. The van der Waals surface area contributed by atoms with Gasteiger partial charge in [-0.3, -0.25) is 9.78 Å². The van der Waals surface area contributed by atoms with Crippen molar-refractivity contribution in [3.63, 3.8) is 0 Å². The third-order valence-corrected chi connectivity index (χ3v) is 2.11. The minimum atomic E-state index is -0.295. The molecule has 0 atom stereocenters. The van der Waals surface area contributed by atoms with Crippen molar-refractivity contribution in [3.05, 3.63) is 48.4 Å². The number of anilines is 1. The Morgan fingerprint density at radius 3 is 2.71 bits per heavy atom. The lowest BCUT2D eigenvalue weighted by atomic mass is 10.3. The van der Waals surface area contributed by atoms with Crippen molar-refractivity contribution in [2.45, 2.75) is 0 Å². The standard InChI is InChI=1S/C12H11N3O2/c1-17-12-10(6-4-8-14-12)15-11(16)9-5-2-3-7-13-9/h2-8H,1H3,(H,15,16). The van der Waals surface area contributed by atoms with Gasteiger partial charge in [0.05, 0.1) is 7.11 Å². The Balaban J connectivity index is 2.19. The van der Waals surface area contributed by atoms with Crippen LogP contribution in [0.3, 0.4) is 0 Å². The Kier molecular flexibility index (Phi) is 3.30. The molecule has 2 rings (SSSR count). The fraction of sp³-hybridized carbons (Fsp3) is 0.0833. The van der Waals surface area contributed by atoms with Gasteiger partial charge in [-0.25, -0.2) is 4.98 Å². The molecular weight excluding hydrogens is 218 g/mol. The van der Waals surface area contributed by atoms with Crippen LogP contribution in [0.25, 0.3) is 0 Å². The molecule has 0 aliphatic rings. The van der Waals surface area contributed by atoms with E-state index >= 15 is 0 Å². The first-order valence-electron chi connectivity index (χ1n) is 5.02. The molecule has 2 aromatic heterocycles. The summed E-state index contributed by atoms with van der Waals surface area (Å²) in [6, 6.07) is 8.57. The summed E-state index contributed by atoms with van der Waals surface area (Å²) in [6.45, 7) is 0. The summed E-state index contributed by atoms with van der Waals surface area (Å²) < 4.78 is 5.04. The Morgan fingerprint density at radius 1 is 1.18 bits per heavy atom. The third kappa shape index (κ3) is 2.57. The number of aromatic nitrogens is 2. The molecule has 5 heteroatoms. The minimum absolute atomic E-state index is 0.295. The Labute approximate surface area is 98.5 Å². The number of nitrogens with zero attached hydrogens (tertiary/aromatic N) is 2. The lowest BCUT2D eigenvalue weighted by molar-refractivity contribution is 0.102. The van der Waals surface area contributed by atoms with Gasteiger partial charge in [0.25, 0.3) is 5.91 Å². The summed E-state index contributed by atoms with van der Waals surface area (Å²) in [5.41, 5.74) is 0.865. The molecule has 0 fully saturated rings. The molecule has 1 N–H and O–H groups in total. The van der Waals surface area contributed by atoms with E-state index in [9.17, 15) is 4.79 Å². The van der Waals surface area contributed by atoms with Crippen LogP contribution in [0.15, 0.2) is 42.7 Å². The second kappa shape index (κ2) is 5.07. The minimum Gasteiger partial charge on any atom is -0.480 e. The lowest BCUT2D eigenvalue weighted by Crippen LogP contribution is -2.14. The third-order valence-electron chi connectivity index (χ3n) is 2.11. The molecule has 0 saturated carbocycles. The fourth-order valence-electron chi connectivity index (χ4n) is 1.33. The average molecular weight is 229 g/mol. The molecule has 0 radical (unpaired) electrons. The number of carbonyl (C=O) groups is 1. The molecule has 0 unspecified atom stereocenters. The zero-order chi connectivity index (χ0) is 12.1. The van der Waals surface area contributed by atoms with Crippen molar-refractivity contribution >= 4 is 11.6 Å². The first kappa shape index (κ1) is 11.1. The van der Waals surface area contributed by atoms with Gasteiger partial charge in [0.2, 0.25) is 5.88 Å². The zero-order valence-corrected chi connectivity index (χ0v) is 9.25. The summed E-state index contributed by atoms with van der Waals surface area (Å²) in [4.78, 5) is 19.8. The van der Waals surface area contributed by atoms with Gasteiger partial charge in [-0.2, -0.15) is 0 Å². The predicted molar refractivity (Wildman–Crippen MR) is 63.0 cm³/mol. The molecular formula is C12H11N3O2. The molecule has 0 spiro atoms. The number of ether oxygens (including phenoxy) is 1. The monoisotopic (exact) mass is 229 g/mol. The van der Waals surface area contributed by atoms with E-state index in [2.05, 4.69) is 15.3 Å². The molecule has 17 heavy (non-hydrogen) atoms. The van der Waals surface area contributed by atoms with E-state index < -0.39 is 0 Å². The summed E-state index contributed by atoms with van der Waals surface area (Å²) in [5.74, 6) is 0.0775. The Morgan fingerprint density at radius 2 is 2.00 bits per heavy atom. The van der Waals surface area contributed by atoms with Crippen molar-refractivity contribution in [3.8, 4) is 5.88 Å². The van der Waals surface area contributed by atoms with Gasteiger partial charge in [-0.05, 0) is 24.3 Å². The predicted octanol–water partition coefficient (Wildman–Crippen LogP) is 1.74. The van der Waals surface area contributed by atoms with Gasteiger partial charge in [0, 0.05) is 12.4 Å². The lowest BCUT2D eigenvalue weighted by Gasteiger charge is -2.07. The van der Waals surface area contributed by atoms with Crippen molar-refractivity contribution < 1.29 is 9.53 Å². The van der Waals surface area contributed by atoms with Gasteiger partial charge >= 0.3 is 0 Å². The first-order chi connectivity index (χ1) is 8.31. The molecule has 5 nitrogen and oxygen atoms in total. The van der Waals surface area contributed by atoms with Crippen LogP contribution in [0.1, 0.15) is 10.5 Å². The van der Waals surface area contributed by atoms with E-state index in [1.165, 1.54) is 7.11 Å². The van der Waals surface area contributed by atoms with Crippen molar-refractivity contribution in [2.75, 3.05) is 12.4 Å². The van der Waals surface area contributed by atoms with Crippen LogP contribution in [0, 0.1) is 0 Å². The molecule has 0 aliphatic heterocycles. The van der Waals surface area contributed by atoms with E-state index in [4.69, 9.17) is 4.74 Å². The maximum Gasteiger partial charge on any atom is 0.274 e. The van der Waals surface area contributed by atoms with Gasteiger partial charge in [0.1, 0.15) is 11.4 Å². The van der Waals surface area contributed by atoms with Gasteiger partial charge in [0.15, 0.2) is 0 Å². The van der Waals surface area contributed by atoms with Gasteiger partial charge in [-0.1, -0.05) is 6.07 Å². The maximum absolute atomic E-state index is 11.8. The number of amides is 1. The van der Waals surface area contributed by atoms with E-state index in [-0.39, 0.29) is 5.91 Å². The molecule has 86 valence electrons. The number of pyridine rings is 2. The van der Waals surface area contributed by atoms with Crippen LogP contribution < -0.4 is 10.1 Å². The van der Waals surface area contributed by atoms with E-state index in [0.717, 1.165) is 0 Å². The quantitative estimate of drug-likeness (QED) is 0.870. The first-order valence-corrected chi connectivity index (χ1v) is 5.02. The van der Waals surface area contributed by atoms with Crippen LogP contribution in [-0.4, -0.2) is 23.0 Å². The second-order valence-electron chi connectivity index (χ2n) is 3.23. The van der Waals surface area contributed by atoms with E-state index in [1.54, 1.807) is 42.7 Å². The topological polar surface area (TPSA) is 64.1 Å². The van der Waals surface area contributed by atoms with E-state index in [1.807, 2.05) is 0 Å².